The van der Waals surface area contributed by atoms with Crippen LogP contribution < -0.4 is 10.5 Å². The fourth-order valence-corrected chi connectivity index (χ4v) is 3.40. The Balaban J connectivity index is 2.05. The number of ether oxygens (including phenoxy) is 1. The van der Waals surface area contributed by atoms with Crippen LogP contribution in [-0.2, 0) is 0 Å². The van der Waals surface area contributed by atoms with E-state index >= 15 is 0 Å². The number of hydrogen-bond acceptors (Lipinski definition) is 4. The molecule has 1 aromatic rings. The summed E-state index contributed by atoms with van der Waals surface area (Å²) in [6.45, 7) is 6.34. The molecule has 0 bridgehead atoms. The fourth-order valence-electron chi connectivity index (χ4n) is 3.40. The molecule has 4 heteroatoms. The number of methoxy groups -OCH3 is 1. The first kappa shape index (κ1) is 16.3. The summed E-state index contributed by atoms with van der Waals surface area (Å²) >= 11 is 0. The molecule has 1 heterocycles. The molecule has 2 N–H and O–H groups in total. The third kappa shape index (κ3) is 3.96. The predicted molar refractivity (Wildman–Crippen MR) is 87.7 cm³/mol. The second-order valence-corrected chi connectivity index (χ2v) is 5.89. The lowest BCUT2D eigenvalue weighted by molar-refractivity contribution is 0.165. The minimum Gasteiger partial charge on any atom is -0.497 e. The number of likely N-dealkylation sites (N-methyl/N-ethyl adjacent to an activating group) is 2. The van der Waals surface area contributed by atoms with E-state index in [1.54, 1.807) is 7.11 Å². The average Bonchev–Trinajstić information content (AvgIpc) is 2.95. The van der Waals surface area contributed by atoms with Crippen molar-refractivity contribution < 1.29 is 4.74 Å². The zero-order chi connectivity index (χ0) is 15.2. The molecule has 0 radical (unpaired) electrons. The summed E-state index contributed by atoms with van der Waals surface area (Å²) in [4.78, 5) is 4.98. The van der Waals surface area contributed by atoms with E-state index in [4.69, 9.17) is 10.5 Å². The number of likely N-dealkylation sites (tertiary alicyclic amines) is 1. The highest BCUT2D eigenvalue weighted by Crippen LogP contribution is 2.25. The van der Waals surface area contributed by atoms with Crippen molar-refractivity contribution >= 4 is 0 Å². The lowest BCUT2D eigenvalue weighted by Crippen LogP contribution is -2.41. The van der Waals surface area contributed by atoms with Gasteiger partial charge < -0.3 is 10.5 Å². The van der Waals surface area contributed by atoms with Crippen molar-refractivity contribution in [2.75, 3.05) is 40.3 Å². The van der Waals surface area contributed by atoms with Gasteiger partial charge in [-0.25, -0.2) is 0 Å². The molecule has 0 spiro atoms. The quantitative estimate of drug-likeness (QED) is 0.835. The Kier molecular flexibility index (Phi) is 6.03. The molecule has 1 aliphatic heterocycles. The third-order valence-electron chi connectivity index (χ3n) is 4.64. The number of nitrogens with zero attached hydrogens (tertiary/aromatic N) is 2. The average molecular weight is 291 g/mol. The van der Waals surface area contributed by atoms with Crippen LogP contribution in [0.4, 0.5) is 0 Å². The van der Waals surface area contributed by atoms with E-state index in [1.807, 2.05) is 12.1 Å². The second kappa shape index (κ2) is 7.78. The summed E-state index contributed by atoms with van der Waals surface area (Å²) in [7, 11) is 3.89. The molecule has 2 unspecified atom stereocenters. The third-order valence-corrected chi connectivity index (χ3v) is 4.64. The van der Waals surface area contributed by atoms with Crippen molar-refractivity contribution in [1.82, 2.24) is 9.80 Å². The van der Waals surface area contributed by atoms with Gasteiger partial charge in [0.1, 0.15) is 5.75 Å². The van der Waals surface area contributed by atoms with Gasteiger partial charge in [0.15, 0.2) is 0 Å². The number of rotatable bonds is 7. The van der Waals surface area contributed by atoms with Crippen LogP contribution in [0, 0.1) is 0 Å². The van der Waals surface area contributed by atoms with Gasteiger partial charge in [0.05, 0.1) is 7.11 Å². The molecule has 0 aliphatic carbocycles. The first-order valence-corrected chi connectivity index (χ1v) is 7.97. The molecule has 0 saturated carbocycles. The lowest BCUT2D eigenvalue weighted by Gasteiger charge is -2.33. The lowest BCUT2D eigenvalue weighted by atomic mass is 10.0. The van der Waals surface area contributed by atoms with Crippen LogP contribution >= 0.6 is 0 Å². The maximum atomic E-state index is 6.04. The Morgan fingerprint density at radius 1 is 1.48 bits per heavy atom. The normalized spacial score (nSPS) is 20.9. The molecule has 0 aromatic heterocycles. The Morgan fingerprint density at radius 3 is 2.95 bits per heavy atom. The minimum absolute atomic E-state index is 0.249. The van der Waals surface area contributed by atoms with Gasteiger partial charge in [-0.15, -0.1) is 0 Å². The van der Waals surface area contributed by atoms with Crippen LogP contribution in [0.3, 0.4) is 0 Å². The molecular weight excluding hydrogens is 262 g/mol. The SMILES string of the molecule is CCN1CCCC1CN(C)C(CN)c1cccc(OC)c1. The van der Waals surface area contributed by atoms with Crippen molar-refractivity contribution in [3.05, 3.63) is 29.8 Å². The number of benzene rings is 1. The monoisotopic (exact) mass is 291 g/mol. The first-order chi connectivity index (χ1) is 10.2. The van der Waals surface area contributed by atoms with Crippen molar-refractivity contribution in [2.24, 2.45) is 5.73 Å². The molecule has 118 valence electrons. The van der Waals surface area contributed by atoms with E-state index in [0.717, 1.165) is 18.8 Å². The van der Waals surface area contributed by atoms with Gasteiger partial charge in [-0.2, -0.15) is 0 Å². The first-order valence-electron chi connectivity index (χ1n) is 7.97. The summed E-state index contributed by atoms with van der Waals surface area (Å²) < 4.78 is 5.33. The molecule has 0 amide bonds. The van der Waals surface area contributed by atoms with Gasteiger partial charge >= 0.3 is 0 Å². The summed E-state index contributed by atoms with van der Waals surface area (Å²) in [5, 5.41) is 0. The highest BCUT2D eigenvalue weighted by atomic mass is 16.5. The summed E-state index contributed by atoms with van der Waals surface area (Å²) in [5.41, 5.74) is 7.28. The number of nitrogens with two attached hydrogens (primary N) is 1. The molecular formula is C17H29N3O. The van der Waals surface area contributed by atoms with E-state index in [9.17, 15) is 0 Å². The minimum atomic E-state index is 0.249. The zero-order valence-corrected chi connectivity index (χ0v) is 13.6. The maximum Gasteiger partial charge on any atom is 0.119 e. The predicted octanol–water partition coefficient (Wildman–Crippen LogP) is 2.11. The number of hydrogen-bond donors (Lipinski definition) is 1. The van der Waals surface area contributed by atoms with Gasteiger partial charge in [0.25, 0.3) is 0 Å². The zero-order valence-electron chi connectivity index (χ0n) is 13.6. The summed E-state index contributed by atoms with van der Waals surface area (Å²) in [6.07, 6.45) is 2.62. The molecule has 21 heavy (non-hydrogen) atoms. The van der Waals surface area contributed by atoms with E-state index in [2.05, 4.69) is 35.9 Å². The molecule has 1 saturated heterocycles. The van der Waals surface area contributed by atoms with Crippen molar-refractivity contribution in [2.45, 2.75) is 31.8 Å². The van der Waals surface area contributed by atoms with Crippen LogP contribution in [0.2, 0.25) is 0 Å². The van der Waals surface area contributed by atoms with E-state index in [0.29, 0.717) is 12.6 Å². The van der Waals surface area contributed by atoms with Gasteiger partial charge in [-0.05, 0) is 50.7 Å². The Labute approximate surface area is 128 Å². The van der Waals surface area contributed by atoms with Crippen LogP contribution in [-0.4, -0.2) is 56.2 Å². The van der Waals surface area contributed by atoms with Gasteiger partial charge in [0, 0.05) is 25.2 Å². The highest BCUT2D eigenvalue weighted by molar-refractivity contribution is 5.30. The molecule has 1 fully saturated rings. The molecule has 1 aliphatic rings. The Morgan fingerprint density at radius 2 is 2.29 bits per heavy atom. The maximum absolute atomic E-state index is 6.04. The van der Waals surface area contributed by atoms with E-state index < -0.39 is 0 Å². The van der Waals surface area contributed by atoms with E-state index in [-0.39, 0.29) is 6.04 Å². The molecule has 1 aromatic carbocycles. The van der Waals surface area contributed by atoms with Crippen LogP contribution in [0.15, 0.2) is 24.3 Å². The molecule has 4 nitrogen and oxygen atoms in total. The highest BCUT2D eigenvalue weighted by Gasteiger charge is 2.26. The molecule has 2 atom stereocenters. The van der Waals surface area contributed by atoms with E-state index in [1.165, 1.54) is 24.9 Å². The van der Waals surface area contributed by atoms with Crippen molar-refractivity contribution in [3.8, 4) is 5.75 Å². The van der Waals surface area contributed by atoms with Crippen LogP contribution in [0.1, 0.15) is 31.4 Å². The fraction of sp³-hybridized carbons (Fsp3) is 0.647. The largest absolute Gasteiger partial charge is 0.497 e. The van der Waals surface area contributed by atoms with Crippen LogP contribution in [0.5, 0.6) is 5.75 Å². The van der Waals surface area contributed by atoms with Crippen molar-refractivity contribution in [3.63, 3.8) is 0 Å². The standard InChI is InChI=1S/C17H29N3O/c1-4-20-10-6-8-15(20)13-19(2)17(12-18)14-7-5-9-16(11-14)21-3/h5,7,9,11,15,17H,4,6,8,10,12-13,18H2,1-3H3. The Bertz CT molecular complexity index is 438. The molecule has 2 rings (SSSR count). The van der Waals surface area contributed by atoms with Gasteiger partial charge in [-0.1, -0.05) is 19.1 Å². The summed E-state index contributed by atoms with van der Waals surface area (Å²) in [5.74, 6) is 0.899. The second-order valence-electron chi connectivity index (χ2n) is 5.89. The smallest absolute Gasteiger partial charge is 0.119 e. The van der Waals surface area contributed by atoms with Crippen LogP contribution in [0.25, 0.3) is 0 Å². The van der Waals surface area contributed by atoms with Gasteiger partial charge in [0.2, 0.25) is 0 Å². The summed E-state index contributed by atoms with van der Waals surface area (Å²) in [6, 6.07) is 9.17. The van der Waals surface area contributed by atoms with Gasteiger partial charge in [-0.3, -0.25) is 9.80 Å². The topological polar surface area (TPSA) is 41.7 Å². The Hall–Kier alpha value is -1.10. The van der Waals surface area contributed by atoms with Crippen molar-refractivity contribution in [1.29, 1.82) is 0 Å².